The molecule has 2 aromatic carbocycles. The Kier molecular flexibility index (Phi) is 5.01. The summed E-state index contributed by atoms with van der Waals surface area (Å²) in [6.45, 7) is 12.7. The fraction of sp³-hybridized carbons (Fsp3) is 0.520. The number of ether oxygens (including phenoxy) is 1. The molecule has 1 heterocycles. The Hall–Kier alpha value is -1.84. The summed E-state index contributed by atoms with van der Waals surface area (Å²) in [5.41, 5.74) is 5.59. The molecule has 4 rings (SSSR count). The molecule has 1 aliphatic carbocycles. The molecule has 1 aliphatic heterocycles. The lowest BCUT2D eigenvalue weighted by atomic mass is 9.63. The highest BCUT2D eigenvalue weighted by Gasteiger charge is 2.38. The van der Waals surface area contributed by atoms with Gasteiger partial charge in [0.05, 0.1) is 19.3 Å². The Morgan fingerprint density at radius 2 is 1.54 bits per heavy atom. The van der Waals surface area contributed by atoms with Crippen LogP contribution >= 0.6 is 0 Å². The van der Waals surface area contributed by atoms with Crippen LogP contribution in [0.2, 0.25) is 0 Å². The maximum absolute atomic E-state index is 10.6. The van der Waals surface area contributed by atoms with Crippen LogP contribution in [-0.2, 0) is 15.6 Å². The average Bonchev–Trinajstić information content (AvgIpc) is 2.68. The van der Waals surface area contributed by atoms with Gasteiger partial charge >= 0.3 is 0 Å². The Morgan fingerprint density at radius 1 is 0.893 bits per heavy atom. The molecule has 0 bridgehead atoms. The molecule has 150 valence electrons. The first kappa shape index (κ1) is 19.5. The summed E-state index contributed by atoms with van der Waals surface area (Å²) in [4.78, 5) is 2.45. The van der Waals surface area contributed by atoms with Crippen molar-refractivity contribution in [1.82, 2.24) is 4.90 Å². The van der Waals surface area contributed by atoms with Crippen LogP contribution in [0.1, 0.15) is 68.8 Å². The first-order chi connectivity index (χ1) is 13.3. The third-order valence-corrected chi connectivity index (χ3v) is 6.83. The number of hydrogen-bond acceptors (Lipinski definition) is 3. The Morgan fingerprint density at radius 3 is 2.21 bits per heavy atom. The summed E-state index contributed by atoms with van der Waals surface area (Å²) in [7, 11) is 0. The van der Waals surface area contributed by atoms with Gasteiger partial charge in [0.15, 0.2) is 0 Å². The minimum Gasteiger partial charge on any atom is -0.508 e. The van der Waals surface area contributed by atoms with E-state index in [0.29, 0.717) is 5.75 Å². The van der Waals surface area contributed by atoms with Gasteiger partial charge in [-0.15, -0.1) is 0 Å². The number of nitrogens with zero attached hydrogens (tertiary/aromatic N) is 1. The molecule has 0 saturated carbocycles. The minimum absolute atomic E-state index is 0.0521. The summed E-state index contributed by atoms with van der Waals surface area (Å²) in [5.74, 6) is 0.372. The molecule has 28 heavy (non-hydrogen) atoms. The molecule has 1 atom stereocenters. The zero-order chi connectivity index (χ0) is 19.9. The molecule has 0 amide bonds. The molecule has 0 spiro atoms. The SMILES string of the molecule is CC1(C)CCC(C)(C)c2cc(C(c3ccccc3O)N3CCOCC3)ccc21. The number of rotatable bonds is 3. The molecule has 2 aromatic rings. The molecule has 1 N–H and O–H groups in total. The molecule has 0 radical (unpaired) electrons. The first-order valence-corrected chi connectivity index (χ1v) is 10.5. The summed E-state index contributed by atoms with van der Waals surface area (Å²) in [6, 6.07) is 14.9. The standard InChI is InChI=1S/C25H33NO2/c1-24(2)11-12-25(3,4)21-17-18(9-10-20(21)24)23(26-13-15-28-16-14-26)19-7-5-6-8-22(19)27/h5-10,17,23,27H,11-16H2,1-4H3. The van der Waals surface area contributed by atoms with Crippen LogP contribution in [0.5, 0.6) is 5.75 Å². The van der Waals surface area contributed by atoms with Gasteiger partial charge in [-0.2, -0.15) is 0 Å². The van der Waals surface area contributed by atoms with E-state index in [9.17, 15) is 5.11 Å². The largest absolute Gasteiger partial charge is 0.508 e. The van der Waals surface area contributed by atoms with E-state index in [1.165, 1.54) is 29.5 Å². The third-order valence-electron chi connectivity index (χ3n) is 6.83. The number of phenols is 1. The first-order valence-electron chi connectivity index (χ1n) is 10.5. The molecule has 3 heteroatoms. The molecule has 3 nitrogen and oxygen atoms in total. The van der Waals surface area contributed by atoms with Crippen LogP contribution in [-0.4, -0.2) is 36.3 Å². The predicted molar refractivity (Wildman–Crippen MR) is 114 cm³/mol. The molecular formula is C25H33NO2. The van der Waals surface area contributed by atoms with Crippen molar-refractivity contribution in [3.05, 3.63) is 64.7 Å². The van der Waals surface area contributed by atoms with Crippen molar-refractivity contribution in [3.63, 3.8) is 0 Å². The fourth-order valence-corrected chi connectivity index (χ4v) is 4.92. The van der Waals surface area contributed by atoms with E-state index in [2.05, 4.69) is 56.9 Å². The molecular weight excluding hydrogens is 346 g/mol. The van der Waals surface area contributed by atoms with Gasteiger partial charge in [-0.3, -0.25) is 4.90 Å². The number of benzene rings is 2. The van der Waals surface area contributed by atoms with Crippen LogP contribution in [0.15, 0.2) is 42.5 Å². The van der Waals surface area contributed by atoms with E-state index < -0.39 is 0 Å². The van der Waals surface area contributed by atoms with Crippen molar-refractivity contribution in [2.45, 2.75) is 57.4 Å². The highest BCUT2D eigenvalue weighted by molar-refractivity contribution is 5.48. The van der Waals surface area contributed by atoms with Gasteiger partial charge in [0.2, 0.25) is 0 Å². The number of fused-ring (bicyclic) bond motifs is 1. The van der Waals surface area contributed by atoms with E-state index >= 15 is 0 Å². The van der Waals surface area contributed by atoms with Crippen LogP contribution in [0.25, 0.3) is 0 Å². The summed E-state index contributed by atoms with van der Waals surface area (Å²) in [5, 5.41) is 10.6. The lowest BCUT2D eigenvalue weighted by Gasteiger charge is -2.43. The Bertz CT molecular complexity index is 849. The van der Waals surface area contributed by atoms with Gasteiger partial charge in [0.1, 0.15) is 5.75 Å². The highest BCUT2D eigenvalue weighted by Crippen LogP contribution is 2.47. The number of aromatic hydroxyl groups is 1. The van der Waals surface area contributed by atoms with Gasteiger partial charge in [-0.05, 0) is 46.4 Å². The van der Waals surface area contributed by atoms with Crippen LogP contribution < -0.4 is 0 Å². The predicted octanol–water partition coefficient (Wildman–Crippen LogP) is 5.16. The quantitative estimate of drug-likeness (QED) is 0.799. The highest BCUT2D eigenvalue weighted by atomic mass is 16.5. The normalized spacial score (nSPS) is 22.4. The number of para-hydroxylation sites is 1. The van der Waals surface area contributed by atoms with Gasteiger partial charge in [0.25, 0.3) is 0 Å². The zero-order valence-electron chi connectivity index (χ0n) is 17.7. The lowest BCUT2D eigenvalue weighted by Crippen LogP contribution is -2.40. The number of morpholine rings is 1. The monoisotopic (exact) mass is 379 g/mol. The Labute approximate surface area is 169 Å². The topological polar surface area (TPSA) is 32.7 Å². The molecule has 1 unspecified atom stereocenters. The zero-order valence-corrected chi connectivity index (χ0v) is 17.7. The van der Waals surface area contributed by atoms with Gasteiger partial charge in [-0.1, -0.05) is 64.1 Å². The minimum atomic E-state index is 0.0521. The van der Waals surface area contributed by atoms with E-state index in [4.69, 9.17) is 4.74 Å². The maximum atomic E-state index is 10.6. The van der Waals surface area contributed by atoms with Crippen molar-refractivity contribution in [2.75, 3.05) is 26.3 Å². The van der Waals surface area contributed by atoms with Gasteiger partial charge < -0.3 is 9.84 Å². The third kappa shape index (κ3) is 3.46. The summed E-state index contributed by atoms with van der Waals surface area (Å²) < 4.78 is 5.60. The number of hydrogen-bond donors (Lipinski definition) is 1. The fourth-order valence-electron chi connectivity index (χ4n) is 4.92. The van der Waals surface area contributed by atoms with Crippen LogP contribution in [0, 0.1) is 0 Å². The molecule has 2 aliphatic rings. The van der Waals surface area contributed by atoms with Crippen LogP contribution in [0.4, 0.5) is 0 Å². The van der Waals surface area contributed by atoms with Crippen molar-refractivity contribution >= 4 is 0 Å². The average molecular weight is 380 g/mol. The van der Waals surface area contributed by atoms with Crippen molar-refractivity contribution in [3.8, 4) is 5.75 Å². The Balaban J connectivity index is 1.84. The second kappa shape index (κ2) is 7.20. The van der Waals surface area contributed by atoms with Crippen molar-refractivity contribution < 1.29 is 9.84 Å². The molecule has 1 saturated heterocycles. The van der Waals surface area contributed by atoms with E-state index in [0.717, 1.165) is 31.9 Å². The molecule has 0 aromatic heterocycles. The second-order valence-electron chi connectivity index (χ2n) is 9.68. The van der Waals surface area contributed by atoms with Crippen molar-refractivity contribution in [2.24, 2.45) is 0 Å². The second-order valence-corrected chi connectivity index (χ2v) is 9.68. The van der Waals surface area contributed by atoms with Crippen LogP contribution in [0.3, 0.4) is 0 Å². The van der Waals surface area contributed by atoms with E-state index in [1.807, 2.05) is 12.1 Å². The van der Waals surface area contributed by atoms with Crippen molar-refractivity contribution in [1.29, 1.82) is 0 Å². The summed E-state index contributed by atoms with van der Waals surface area (Å²) in [6.07, 6.45) is 2.42. The van der Waals surface area contributed by atoms with Gasteiger partial charge in [-0.25, -0.2) is 0 Å². The van der Waals surface area contributed by atoms with E-state index in [-0.39, 0.29) is 16.9 Å². The van der Waals surface area contributed by atoms with Gasteiger partial charge in [0, 0.05) is 18.7 Å². The smallest absolute Gasteiger partial charge is 0.120 e. The summed E-state index contributed by atoms with van der Waals surface area (Å²) >= 11 is 0. The molecule has 1 fully saturated rings. The maximum Gasteiger partial charge on any atom is 0.120 e. The number of phenolic OH excluding ortho intramolecular Hbond substituents is 1. The lowest BCUT2D eigenvalue weighted by molar-refractivity contribution is 0.0235. The van der Waals surface area contributed by atoms with E-state index in [1.54, 1.807) is 6.07 Å².